The minimum atomic E-state index is -0.477. The molecule has 0 bridgehead atoms. The average Bonchev–Trinajstić information content (AvgIpc) is 2.64. The van der Waals surface area contributed by atoms with Crippen molar-refractivity contribution in [3.8, 4) is 0 Å². The lowest BCUT2D eigenvalue weighted by Gasteiger charge is -2.25. The van der Waals surface area contributed by atoms with Crippen molar-refractivity contribution in [3.05, 3.63) is 11.8 Å². The maximum atomic E-state index is 12.1. The van der Waals surface area contributed by atoms with Gasteiger partial charge in [0.05, 0.1) is 12.0 Å². The van der Waals surface area contributed by atoms with Crippen LogP contribution in [0.2, 0.25) is 0 Å². The Labute approximate surface area is 96.6 Å². The first-order chi connectivity index (χ1) is 7.47. The van der Waals surface area contributed by atoms with E-state index in [0.717, 1.165) is 0 Å². The molecular formula is C12H21NO3. The van der Waals surface area contributed by atoms with Gasteiger partial charge >= 0.3 is 0 Å². The van der Waals surface area contributed by atoms with Gasteiger partial charge in [0.15, 0.2) is 0 Å². The Balaban J connectivity index is 2.76. The lowest BCUT2D eigenvalue weighted by atomic mass is 9.92. The van der Waals surface area contributed by atoms with Crippen LogP contribution in [-0.2, 0) is 4.79 Å². The predicted molar refractivity (Wildman–Crippen MR) is 61.9 cm³/mol. The van der Waals surface area contributed by atoms with Crippen LogP contribution in [0.5, 0.6) is 0 Å². The minimum Gasteiger partial charge on any atom is -0.512 e. The van der Waals surface area contributed by atoms with E-state index in [1.54, 1.807) is 17.9 Å². The van der Waals surface area contributed by atoms with Crippen LogP contribution >= 0.6 is 0 Å². The summed E-state index contributed by atoms with van der Waals surface area (Å²) in [7, 11) is 0. The number of nitrogens with zero attached hydrogens (tertiary/aromatic N) is 1. The molecule has 16 heavy (non-hydrogen) atoms. The largest absolute Gasteiger partial charge is 0.512 e. The molecule has 0 aromatic rings. The van der Waals surface area contributed by atoms with Crippen molar-refractivity contribution in [1.29, 1.82) is 0 Å². The summed E-state index contributed by atoms with van der Waals surface area (Å²) in [5.74, 6) is -0.375. The fraction of sp³-hybridized carbons (Fsp3) is 0.750. The second-order valence-corrected chi connectivity index (χ2v) is 4.66. The van der Waals surface area contributed by atoms with Crippen LogP contribution in [0.3, 0.4) is 0 Å². The zero-order chi connectivity index (χ0) is 12.3. The molecule has 0 radical (unpaired) electrons. The van der Waals surface area contributed by atoms with Crippen LogP contribution < -0.4 is 0 Å². The second kappa shape index (κ2) is 5.34. The Bertz CT molecular complexity index is 286. The van der Waals surface area contributed by atoms with Crippen LogP contribution in [0.25, 0.3) is 0 Å². The Morgan fingerprint density at radius 1 is 1.50 bits per heavy atom. The van der Waals surface area contributed by atoms with E-state index in [2.05, 4.69) is 0 Å². The molecule has 0 spiro atoms. The average molecular weight is 227 g/mol. The van der Waals surface area contributed by atoms with E-state index in [-0.39, 0.29) is 17.6 Å². The maximum Gasteiger partial charge on any atom is 0.233 e. The fourth-order valence-electron chi connectivity index (χ4n) is 2.07. The maximum absolute atomic E-state index is 12.1. The summed E-state index contributed by atoms with van der Waals surface area (Å²) >= 11 is 0. The Morgan fingerprint density at radius 2 is 2.12 bits per heavy atom. The van der Waals surface area contributed by atoms with E-state index >= 15 is 0 Å². The highest BCUT2D eigenvalue weighted by atomic mass is 16.3. The molecule has 2 N–H and O–H groups in total. The number of likely N-dealkylation sites (tertiary alicyclic amines) is 1. The van der Waals surface area contributed by atoms with Gasteiger partial charge in [-0.3, -0.25) is 4.79 Å². The van der Waals surface area contributed by atoms with Crippen LogP contribution in [0.4, 0.5) is 0 Å². The summed E-state index contributed by atoms with van der Waals surface area (Å²) in [5, 5.41) is 19.1. The third-order valence-corrected chi connectivity index (χ3v) is 3.02. The summed E-state index contributed by atoms with van der Waals surface area (Å²) in [6.07, 6.45) is 1.78. The van der Waals surface area contributed by atoms with Crippen LogP contribution in [0, 0.1) is 11.8 Å². The molecule has 4 heteroatoms. The van der Waals surface area contributed by atoms with Gasteiger partial charge in [0.2, 0.25) is 5.91 Å². The van der Waals surface area contributed by atoms with Crippen molar-refractivity contribution in [2.24, 2.45) is 11.8 Å². The summed E-state index contributed by atoms with van der Waals surface area (Å²) in [6, 6.07) is 0. The molecule has 1 rings (SSSR count). The first-order valence-electron chi connectivity index (χ1n) is 5.79. The molecule has 0 aliphatic carbocycles. The molecule has 1 aliphatic heterocycles. The number of hydrogen-bond donors (Lipinski definition) is 2. The van der Waals surface area contributed by atoms with Crippen molar-refractivity contribution >= 4 is 5.91 Å². The normalized spacial score (nSPS) is 23.9. The smallest absolute Gasteiger partial charge is 0.233 e. The van der Waals surface area contributed by atoms with E-state index in [0.29, 0.717) is 19.5 Å². The number of aliphatic hydroxyl groups is 2. The quantitative estimate of drug-likeness (QED) is 0.715. The summed E-state index contributed by atoms with van der Waals surface area (Å²) in [6.45, 7) is 6.51. The molecule has 2 unspecified atom stereocenters. The first kappa shape index (κ1) is 13.0. The SMILES string of the molecule is C/C=C(\O)C(C(=O)N1CCC(O)C1)C(C)C. The standard InChI is InChI=1S/C12H21NO3/c1-4-10(15)11(8(2)3)12(16)13-6-5-9(14)7-13/h4,8-9,11,14-15H,5-7H2,1-3H3/b10-4-. The van der Waals surface area contributed by atoms with Crippen molar-refractivity contribution in [2.45, 2.75) is 33.3 Å². The molecule has 0 aromatic heterocycles. The monoisotopic (exact) mass is 227 g/mol. The van der Waals surface area contributed by atoms with Crippen molar-refractivity contribution in [3.63, 3.8) is 0 Å². The third-order valence-electron chi connectivity index (χ3n) is 3.02. The lowest BCUT2D eigenvalue weighted by Crippen LogP contribution is -2.38. The molecule has 2 atom stereocenters. The predicted octanol–water partition coefficient (Wildman–Crippen LogP) is 1.31. The molecule has 4 nitrogen and oxygen atoms in total. The molecule has 1 heterocycles. The number of rotatable bonds is 3. The zero-order valence-corrected chi connectivity index (χ0v) is 10.2. The van der Waals surface area contributed by atoms with Crippen LogP contribution in [-0.4, -0.2) is 40.2 Å². The molecule has 1 aliphatic rings. The Morgan fingerprint density at radius 3 is 2.50 bits per heavy atom. The van der Waals surface area contributed by atoms with Crippen molar-refractivity contribution in [1.82, 2.24) is 4.90 Å². The second-order valence-electron chi connectivity index (χ2n) is 4.66. The highest BCUT2D eigenvalue weighted by Gasteiger charge is 2.33. The van der Waals surface area contributed by atoms with Gasteiger partial charge in [0, 0.05) is 13.1 Å². The number of amides is 1. The van der Waals surface area contributed by atoms with Gasteiger partial charge in [-0.1, -0.05) is 13.8 Å². The van der Waals surface area contributed by atoms with Gasteiger partial charge in [-0.05, 0) is 25.3 Å². The molecule has 1 amide bonds. The summed E-state index contributed by atoms with van der Waals surface area (Å²) in [5.41, 5.74) is 0. The highest BCUT2D eigenvalue weighted by molar-refractivity contribution is 5.81. The van der Waals surface area contributed by atoms with Crippen LogP contribution in [0.1, 0.15) is 27.2 Å². The number of hydrogen-bond acceptors (Lipinski definition) is 3. The number of aliphatic hydroxyl groups excluding tert-OH is 2. The summed E-state index contributed by atoms with van der Waals surface area (Å²) in [4.78, 5) is 13.8. The van der Waals surface area contributed by atoms with Gasteiger partial charge in [0.25, 0.3) is 0 Å². The Kier molecular flexibility index (Phi) is 4.35. The van der Waals surface area contributed by atoms with E-state index in [4.69, 9.17) is 0 Å². The highest BCUT2D eigenvalue weighted by Crippen LogP contribution is 2.23. The Hall–Kier alpha value is -1.03. The van der Waals surface area contributed by atoms with Crippen molar-refractivity contribution < 1.29 is 15.0 Å². The zero-order valence-electron chi connectivity index (χ0n) is 10.2. The van der Waals surface area contributed by atoms with Gasteiger partial charge in [-0.25, -0.2) is 0 Å². The molecule has 92 valence electrons. The number of allylic oxidation sites excluding steroid dienone is 1. The van der Waals surface area contributed by atoms with Gasteiger partial charge < -0.3 is 15.1 Å². The molecule has 1 saturated heterocycles. The van der Waals surface area contributed by atoms with E-state index in [1.165, 1.54) is 0 Å². The van der Waals surface area contributed by atoms with Gasteiger partial charge in [-0.2, -0.15) is 0 Å². The topological polar surface area (TPSA) is 60.8 Å². The lowest BCUT2D eigenvalue weighted by molar-refractivity contribution is -0.135. The van der Waals surface area contributed by atoms with Gasteiger partial charge in [0.1, 0.15) is 5.76 Å². The number of carbonyl (C=O) groups excluding carboxylic acids is 1. The minimum absolute atomic E-state index is 0.0569. The van der Waals surface area contributed by atoms with Gasteiger partial charge in [-0.15, -0.1) is 0 Å². The van der Waals surface area contributed by atoms with E-state index in [9.17, 15) is 15.0 Å². The number of β-amino-alcohol motifs (C(OH)–C–C–N with tert-alkyl or cyclic N) is 1. The molecule has 0 aromatic carbocycles. The van der Waals surface area contributed by atoms with E-state index in [1.807, 2.05) is 13.8 Å². The molecule has 0 saturated carbocycles. The van der Waals surface area contributed by atoms with E-state index < -0.39 is 12.0 Å². The van der Waals surface area contributed by atoms with Crippen LogP contribution in [0.15, 0.2) is 11.8 Å². The first-order valence-corrected chi connectivity index (χ1v) is 5.79. The summed E-state index contributed by atoms with van der Waals surface area (Å²) < 4.78 is 0. The third kappa shape index (κ3) is 2.76. The fourth-order valence-corrected chi connectivity index (χ4v) is 2.07. The molecular weight excluding hydrogens is 206 g/mol. The number of carbonyl (C=O) groups is 1. The molecule has 1 fully saturated rings. The van der Waals surface area contributed by atoms with Crippen molar-refractivity contribution in [2.75, 3.05) is 13.1 Å².